The average molecular weight is 246 g/mol. The summed E-state index contributed by atoms with van der Waals surface area (Å²) in [7, 11) is 0. The summed E-state index contributed by atoms with van der Waals surface area (Å²) in [6.07, 6.45) is -0.0347. The Hall–Kier alpha value is -1.31. The zero-order valence-corrected chi connectivity index (χ0v) is 11.9. The summed E-state index contributed by atoms with van der Waals surface area (Å²) in [4.78, 5) is 12.1. The third-order valence-electron chi connectivity index (χ3n) is 3.87. The Labute approximate surface area is 109 Å². The summed E-state index contributed by atoms with van der Waals surface area (Å²) in [6.45, 7) is 10.2. The number of esters is 1. The van der Waals surface area contributed by atoms with Crippen molar-refractivity contribution in [2.24, 2.45) is 11.3 Å². The first-order chi connectivity index (χ1) is 8.34. The van der Waals surface area contributed by atoms with Crippen molar-refractivity contribution in [2.75, 3.05) is 0 Å². The lowest BCUT2D eigenvalue weighted by Crippen LogP contribution is -2.15. The second-order valence-corrected chi connectivity index (χ2v) is 6.17. The Balaban J connectivity index is 2.15. The summed E-state index contributed by atoms with van der Waals surface area (Å²) in [5, 5.41) is 0. The summed E-state index contributed by atoms with van der Waals surface area (Å²) < 4.78 is 5.35. The Bertz CT molecular complexity index is 443. The molecule has 1 fully saturated rings. The van der Waals surface area contributed by atoms with Crippen molar-refractivity contribution in [1.82, 2.24) is 0 Å². The van der Waals surface area contributed by atoms with Crippen LogP contribution in [0.4, 0.5) is 0 Å². The summed E-state index contributed by atoms with van der Waals surface area (Å²) in [5.74, 6) is 0.243. The van der Waals surface area contributed by atoms with Gasteiger partial charge in [-0.15, -0.1) is 0 Å². The van der Waals surface area contributed by atoms with Gasteiger partial charge in [0.05, 0.1) is 12.0 Å². The molecule has 2 unspecified atom stereocenters. The van der Waals surface area contributed by atoms with Gasteiger partial charge in [-0.3, -0.25) is 4.79 Å². The molecule has 1 saturated carbocycles. The van der Waals surface area contributed by atoms with E-state index in [0.29, 0.717) is 5.92 Å². The van der Waals surface area contributed by atoms with Crippen molar-refractivity contribution >= 4 is 5.97 Å². The lowest BCUT2D eigenvalue weighted by molar-refractivity contribution is -0.149. The van der Waals surface area contributed by atoms with E-state index < -0.39 is 0 Å². The number of carbonyl (C=O) groups is 1. The molecule has 0 saturated heterocycles. The molecule has 0 radical (unpaired) electrons. The minimum absolute atomic E-state index is 0.00241. The van der Waals surface area contributed by atoms with E-state index >= 15 is 0 Å². The maximum Gasteiger partial charge on any atom is 0.310 e. The molecule has 1 aromatic carbocycles. The molecular weight excluding hydrogens is 224 g/mol. The van der Waals surface area contributed by atoms with E-state index in [4.69, 9.17) is 4.74 Å². The fraction of sp³-hybridized carbons (Fsp3) is 0.562. The van der Waals surface area contributed by atoms with Gasteiger partial charge in [0.2, 0.25) is 0 Å². The van der Waals surface area contributed by atoms with Crippen LogP contribution in [0.1, 0.15) is 44.7 Å². The fourth-order valence-corrected chi connectivity index (χ4v) is 2.78. The van der Waals surface area contributed by atoms with Gasteiger partial charge in [-0.1, -0.05) is 43.7 Å². The standard InChI is InChI=1S/C16H22O2/c1-10(2)18-15(17)14-13(16(14,4)5)12-8-6-11(3)7-9-12/h6-10,13-14H,1-5H3. The van der Waals surface area contributed by atoms with Crippen molar-refractivity contribution < 1.29 is 9.53 Å². The molecule has 1 aliphatic rings. The monoisotopic (exact) mass is 246 g/mol. The van der Waals surface area contributed by atoms with Crippen molar-refractivity contribution in [3.05, 3.63) is 35.4 Å². The number of benzene rings is 1. The smallest absolute Gasteiger partial charge is 0.310 e. The molecule has 98 valence electrons. The maximum absolute atomic E-state index is 12.1. The molecule has 0 N–H and O–H groups in total. The number of carbonyl (C=O) groups excluding carboxylic acids is 1. The molecule has 0 bridgehead atoms. The zero-order valence-electron chi connectivity index (χ0n) is 11.9. The van der Waals surface area contributed by atoms with Crippen LogP contribution in [0.25, 0.3) is 0 Å². The topological polar surface area (TPSA) is 26.3 Å². The number of aryl methyl sites for hydroxylation is 1. The molecule has 0 aromatic heterocycles. The fourth-order valence-electron chi connectivity index (χ4n) is 2.78. The SMILES string of the molecule is Cc1ccc(C2C(C(=O)OC(C)C)C2(C)C)cc1. The predicted octanol–water partition coefficient (Wildman–Crippen LogP) is 3.69. The zero-order chi connectivity index (χ0) is 13.5. The highest BCUT2D eigenvalue weighted by molar-refractivity contribution is 5.79. The Morgan fingerprint density at radius 3 is 2.28 bits per heavy atom. The van der Waals surface area contributed by atoms with Gasteiger partial charge in [0, 0.05) is 5.92 Å². The molecule has 1 aliphatic carbocycles. The van der Waals surface area contributed by atoms with Gasteiger partial charge in [-0.25, -0.2) is 0 Å². The normalized spacial score (nSPS) is 25.0. The van der Waals surface area contributed by atoms with Crippen molar-refractivity contribution in [3.63, 3.8) is 0 Å². The van der Waals surface area contributed by atoms with Gasteiger partial charge in [-0.05, 0) is 31.7 Å². The third kappa shape index (κ3) is 2.29. The largest absolute Gasteiger partial charge is 0.463 e. The van der Waals surface area contributed by atoms with Gasteiger partial charge in [-0.2, -0.15) is 0 Å². The molecular formula is C16H22O2. The summed E-state index contributed by atoms with van der Waals surface area (Å²) in [6, 6.07) is 8.47. The second kappa shape index (κ2) is 4.42. The second-order valence-electron chi connectivity index (χ2n) is 6.17. The highest BCUT2D eigenvalue weighted by atomic mass is 16.5. The number of hydrogen-bond donors (Lipinski definition) is 0. The molecule has 0 amide bonds. The van der Waals surface area contributed by atoms with E-state index in [0.717, 1.165) is 0 Å². The van der Waals surface area contributed by atoms with Crippen LogP contribution in [0.15, 0.2) is 24.3 Å². The van der Waals surface area contributed by atoms with Crippen LogP contribution in [0.2, 0.25) is 0 Å². The molecule has 1 aromatic rings. The minimum atomic E-state index is -0.0550. The average Bonchev–Trinajstić information content (AvgIpc) is 2.82. The number of hydrogen-bond acceptors (Lipinski definition) is 2. The van der Waals surface area contributed by atoms with Gasteiger partial charge in [0.1, 0.15) is 0 Å². The van der Waals surface area contributed by atoms with E-state index in [1.54, 1.807) is 0 Å². The van der Waals surface area contributed by atoms with E-state index in [1.807, 2.05) is 13.8 Å². The van der Waals surface area contributed by atoms with Gasteiger partial charge in [0.25, 0.3) is 0 Å². The van der Waals surface area contributed by atoms with E-state index in [-0.39, 0.29) is 23.4 Å². The van der Waals surface area contributed by atoms with Crippen molar-refractivity contribution in [3.8, 4) is 0 Å². The Morgan fingerprint density at radius 1 is 1.22 bits per heavy atom. The van der Waals surface area contributed by atoms with Gasteiger partial charge < -0.3 is 4.74 Å². The molecule has 2 rings (SSSR count). The lowest BCUT2D eigenvalue weighted by Gasteiger charge is -2.08. The van der Waals surface area contributed by atoms with Crippen LogP contribution >= 0.6 is 0 Å². The number of rotatable bonds is 3. The van der Waals surface area contributed by atoms with Crippen LogP contribution in [0.5, 0.6) is 0 Å². The first kappa shape index (κ1) is 13.1. The Kier molecular flexibility index (Phi) is 3.22. The van der Waals surface area contributed by atoms with E-state index in [9.17, 15) is 4.79 Å². The van der Waals surface area contributed by atoms with Crippen LogP contribution in [0.3, 0.4) is 0 Å². The predicted molar refractivity (Wildman–Crippen MR) is 72.4 cm³/mol. The molecule has 18 heavy (non-hydrogen) atoms. The van der Waals surface area contributed by atoms with Crippen LogP contribution in [-0.2, 0) is 9.53 Å². The van der Waals surface area contributed by atoms with E-state index in [2.05, 4.69) is 45.0 Å². The molecule has 0 heterocycles. The number of ether oxygens (including phenoxy) is 1. The molecule has 0 aliphatic heterocycles. The van der Waals surface area contributed by atoms with Crippen molar-refractivity contribution in [2.45, 2.75) is 46.6 Å². The lowest BCUT2D eigenvalue weighted by atomic mass is 10.0. The van der Waals surface area contributed by atoms with Crippen LogP contribution in [-0.4, -0.2) is 12.1 Å². The van der Waals surface area contributed by atoms with Crippen LogP contribution in [0, 0.1) is 18.3 Å². The minimum Gasteiger partial charge on any atom is -0.463 e. The molecule has 2 nitrogen and oxygen atoms in total. The first-order valence-corrected chi connectivity index (χ1v) is 6.61. The van der Waals surface area contributed by atoms with E-state index in [1.165, 1.54) is 11.1 Å². The molecule has 2 heteroatoms. The summed E-state index contributed by atoms with van der Waals surface area (Å²) in [5.41, 5.74) is 2.51. The van der Waals surface area contributed by atoms with Crippen LogP contribution < -0.4 is 0 Å². The Morgan fingerprint density at radius 2 is 1.78 bits per heavy atom. The quantitative estimate of drug-likeness (QED) is 0.760. The van der Waals surface area contributed by atoms with Gasteiger partial charge in [0.15, 0.2) is 0 Å². The molecule has 2 atom stereocenters. The molecule has 0 spiro atoms. The maximum atomic E-state index is 12.1. The highest BCUT2D eigenvalue weighted by Gasteiger charge is 2.63. The summed E-state index contributed by atoms with van der Waals surface area (Å²) >= 11 is 0. The van der Waals surface area contributed by atoms with Gasteiger partial charge >= 0.3 is 5.97 Å². The highest BCUT2D eigenvalue weighted by Crippen LogP contribution is 2.64. The third-order valence-corrected chi connectivity index (χ3v) is 3.87. The van der Waals surface area contributed by atoms with Crippen molar-refractivity contribution in [1.29, 1.82) is 0 Å². The first-order valence-electron chi connectivity index (χ1n) is 6.61.